The molecule has 0 spiro atoms. The van der Waals surface area contributed by atoms with Gasteiger partial charge in [-0.15, -0.1) is 0 Å². The number of hydrogen-bond acceptors (Lipinski definition) is 1. The monoisotopic (exact) mass is 186 g/mol. The molecular formula is C9H8ClFO. The van der Waals surface area contributed by atoms with Crippen molar-refractivity contribution in [2.45, 2.75) is 13.1 Å². The van der Waals surface area contributed by atoms with Crippen LogP contribution >= 0.6 is 11.6 Å². The van der Waals surface area contributed by atoms with Crippen molar-refractivity contribution in [2.75, 3.05) is 0 Å². The lowest BCUT2D eigenvalue weighted by molar-refractivity contribution is -0.116. The van der Waals surface area contributed by atoms with Gasteiger partial charge in [0, 0.05) is 0 Å². The predicted octanol–water partition coefficient (Wildman–Crippen LogP) is 2.77. The van der Waals surface area contributed by atoms with E-state index in [4.69, 9.17) is 11.6 Å². The van der Waals surface area contributed by atoms with Gasteiger partial charge in [0.25, 0.3) is 5.24 Å². The molecule has 0 bridgehead atoms. The van der Waals surface area contributed by atoms with Crippen molar-refractivity contribution in [2.24, 2.45) is 0 Å². The average Bonchev–Trinajstić information content (AvgIpc) is 2.03. The van der Waals surface area contributed by atoms with Crippen LogP contribution in [0.5, 0.6) is 0 Å². The van der Waals surface area contributed by atoms with E-state index in [2.05, 4.69) is 0 Å². The molecule has 0 aliphatic heterocycles. The fourth-order valence-corrected chi connectivity index (χ4v) is 1.08. The lowest BCUT2D eigenvalue weighted by Crippen LogP contribution is -1.99. The van der Waals surface area contributed by atoms with Gasteiger partial charge in [0.05, 0.1) is 0 Å². The van der Waals surface area contributed by atoms with E-state index < -0.39 is 11.4 Å². The maximum Gasteiger partial charge on any atom is 0.260 e. The second-order valence-corrected chi connectivity index (χ2v) is 2.95. The van der Waals surface area contributed by atoms with E-state index in [0.29, 0.717) is 5.56 Å². The summed E-state index contributed by atoms with van der Waals surface area (Å²) < 4.78 is 13.0. The Morgan fingerprint density at radius 3 is 2.75 bits per heavy atom. The number of benzene rings is 1. The molecule has 1 aromatic carbocycles. The van der Waals surface area contributed by atoms with E-state index in [0.717, 1.165) is 5.56 Å². The van der Waals surface area contributed by atoms with Crippen LogP contribution < -0.4 is 0 Å². The van der Waals surface area contributed by atoms with Gasteiger partial charge >= 0.3 is 0 Å². The number of carbonyl (C=O) groups is 1. The number of halogens is 2. The Morgan fingerprint density at radius 2 is 2.25 bits per heavy atom. The summed E-state index contributed by atoms with van der Waals surface area (Å²) in [5, 5.41) is -0.972. The SMILES string of the molecule is Cc1cccc(C(F)C(=O)Cl)c1. The average molecular weight is 187 g/mol. The molecule has 1 rings (SSSR count). The topological polar surface area (TPSA) is 17.1 Å². The highest BCUT2D eigenvalue weighted by atomic mass is 35.5. The van der Waals surface area contributed by atoms with Crippen LogP contribution in [0.25, 0.3) is 0 Å². The van der Waals surface area contributed by atoms with Gasteiger partial charge in [0.1, 0.15) is 0 Å². The van der Waals surface area contributed by atoms with E-state index in [1.807, 2.05) is 13.0 Å². The first-order valence-corrected chi connectivity index (χ1v) is 3.89. The van der Waals surface area contributed by atoms with Crippen LogP contribution in [0.2, 0.25) is 0 Å². The van der Waals surface area contributed by atoms with Crippen LogP contribution in [0.15, 0.2) is 24.3 Å². The van der Waals surface area contributed by atoms with E-state index >= 15 is 0 Å². The summed E-state index contributed by atoms with van der Waals surface area (Å²) in [6.45, 7) is 1.83. The van der Waals surface area contributed by atoms with Crippen molar-refractivity contribution in [3.05, 3.63) is 35.4 Å². The molecule has 12 heavy (non-hydrogen) atoms. The minimum Gasteiger partial charge on any atom is -0.278 e. The fourth-order valence-electron chi connectivity index (χ4n) is 0.959. The first kappa shape index (κ1) is 9.20. The zero-order chi connectivity index (χ0) is 9.14. The molecule has 0 aliphatic carbocycles. The largest absolute Gasteiger partial charge is 0.278 e. The number of carbonyl (C=O) groups excluding carboxylic acids is 1. The van der Waals surface area contributed by atoms with Gasteiger partial charge in [0.2, 0.25) is 0 Å². The van der Waals surface area contributed by atoms with E-state index in [9.17, 15) is 9.18 Å². The fraction of sp³-hybridized carbons (Fsp3) is 0.222. The summed E-state index contributed by atoms with van der Waals surface area (Å²) in [6, 6.07) is 6.66. The van der Waals surface area contributed by atoms with Crippen LogP contribution in [-0.2, 0) is 4.79 Å². The maximum absolute atomic E-state index is 13.0. The Balaban J connectivity index is 2.95. The molecule has 0 aromatic heterocycles. The van der Waals surface area contributed by atoms with Gasteiger partial charge in [-0.05, 0) is 24.1 Å². The van der Waals surface area contributed by atoms with Gasteiger partial charge in [-0.3, -0.25) is 4.79 Å². The normalized spacial score (nSPS) is 12.6. The number of rotatable bonds is 2. The third kappa shape index (κ3) is 2.05. The first-order valence-electron chi connectivity index (χ1n) is 3.51. The minimum absolute atomic E-state index is 0.315. The highest BCUT2D eigenvalue weighted by molar-refractivity contribution is 6.64. The van der Waals surface area contributed by atoms with Crippen LogP contribution in [0.3, 0.4) is 0 Å². The van der Waals surface area contributed by atoms with Gasteiger partial charge in [-0.25, -0.2) is 4.39 Å². The van der Waals surface area contributed by atoms with Crippen LogP contribution in [-0.4, -0.2) is 5.24 Å². The maximum atomic E-state index is 13.0. The number of hydrogen-bond donors (Lipinski definition) is 0. The van der Waals surface area contributed by atoms with Crippen molar-refractivity contribution < 1.29 is 9.18 Å². The molecule has 0 N–H and O–H groups in total. The molecule has 3 heteroatoms. The predicted molar refractivity (Wildman–Crippen MR) is 45.9 cm³/mol. The van der Waals surface area contributed by atoms with Crippen LogP contribution in [0.1, 0.15) is 17.3 Å². The Labute approximate surface area is 75.2 Å². The molecule has 0 radical (unpaired) electrons. The summed E-state index contributed by atoms with van der Waals surface area (Å²) in [5.41, 5.74) is 1.23. The van der Waals surface area contributed by atoms with Crippen LogP contribution in [0.4, 0.5) is 4.39 Å². The molecule has 1 aromatic rings. The quantitative estimate of drug-likeness (QED) is 0.650. The van der Waals surface area contributed by atoms with E-state index in [-0.39, 0.29) is 0 Å². The Bertz CT molecular complexity index is 298. The molecule has 0 heterocycles. The second-order valence-electron chi connectivity index (χ2n) is 2.58. The summed E-state index contributed by atoms with van der Waals surface area (Å²) in [4.78, 5) is 10.4. The zero-order valence-corrected chi connectivity index (χ0v) is 7.31. The smallest absolute Gasteiger partial charge is 0.260 e. The third-order valence-corrected chi connectivity index (χ3v) is 1.73. The van der Waals surface area contributed by atoms with Gasteiger partial charge in [-0.2, -0.15) is 0 Å². The van der Waals surface area contributed by atoms with Crippen molar-refractivity contribution in [3.63, 3.8) is 0 Å². The summed E-state index contributed by atoms with van der Waals surface area (Å²) in [6.07, 6.45) is -1.70. The molecule has 1 atom stereocenters. The van der Waals surface area contributed by atoms with Crippen molar-refractivity contribution in [3.8, 4) is 0 Å². The molecular weight excluding hydrogens is 179 g/mol. The summed E-state index contributed by atoms with van der Waals surface area (Å²) >= 11 is 5.00. The Kier molecular flexibility index (Phi) is 2.82. The zero-order valence-electron chi connectivity index (χ0n) is 6.55. The molecule has 1 nitrogen and oxygen atoms in total. The molecule has 0 aliphatic rings. The van der Waals surface area contributed by atoms with E-state index in [1.54, 1.807) is 12.1 Å². The third-order valence-electron chi connectivity index (χ3n) is 1.53. The second kappa shape index (κ2) is 3.68. The lowest BCUT2D eigenvalue weighted by atomic mass is 10.1. The summed E-state index contributed by atoms with van der Waals surface area (Å²) in [5.74, 6) is 0. The Morgan fingerprint density at radius 1 is 1.58 bits per heavy atom. The highest BCUT2D eigenvalue weighted by Crippen LogP contribution is 2.20. The van der Waals surface area contributed by atoms with Gasteiger partial charge in [-0.1, -0.05) is 29.8 Å². The molecule has 0 saturated carbocycles. The molecule has 0 amide bonds. The first-order chi connectivity index (χ1) is 5.61. The number of aryl methyl sites for hydroxylation is 1. The van der Waals surface area contributed by atoms with Crippen molar-refractivity contribution in [1.29, 1.82) is 0 Å². The van der Waals surface area contributed by atoms with Crippen LogP contribution in [0, 0.1) is 6.92 Å². The molecule has 0 saturated heterocycles. The minimum atomic E-state index is -1.70. The Hall–Kier alpha value is -0.890. The van der Waals surface area contributed by atoms with Crippen molar-refractivity contribution in [1.82, 2.24) is 0 Å². The van der Waals surface area contributed by atoms with Crippen molar-refractivity contribution >= 4 is 16.8 Å². The molecule has 1 unspecified atom stereocenters. The van der Waals surface area contributed by atoms with Gasteiger partial charge < -0.3 is 0 Å². The van der Waals surface area contributed by atoms with Gasteiger partial charge in [0.15, 0.2) is 6.17 Å². The highest BCUT2D eigenvalue weighted by Gasteiger charge is 2.16. The summed E-state index contributed by atoms with van der Waals surface area (Å²) in [7, 11) is 0. The number of alkyl halides is 1. The molecule has 0 fully saturated rings. The molecule has 64 valence electrons. The standard InChI is InChI=1S/C9H8ClFO/c1-6-3-2-4-7(5-6)8(11)9(10)12/h2-5,8H,1H3. The lowest BCUT2D eigenvalue weighted by Gasteiger charge is -2.03. The van der Waals surface area contributed by atoms with E-state index in [1.165, 1.54) is 6.07 Å².